The Bertz CT molecular complexity index is 1110. The van der Waals surface area contributed by atoms with E-state index in [0.29, 0.717) is 39.7 Å². The zero-order chi connectivity index (χ0) is 21.8. The van der Waals surface area contributed by atoms with Gasteiger partial charge in [-0.2, -0.15) is 5.10 Å². The number of ether oxygens (including phenoxy) is 2. The van der Waals surface area contributed by atoms with Crippen LogP contribution in [0, 0.1) is 24.0 Å². The molecule has 0 fully saturated rings. The molecule has 0 aliphatic carbocycles. The van der Waals surface area contributed by atoms with Gasteiger partial charge in [0.1, 0.15) is 22.9 Å². The van der Waals surface area contributed by atoms with Gasteiger partial charge in [0.2, 0.25) is 0 Å². The number of hydrogen-bond donors (Lipinski definition) is 1. The number of nitro groups is 1. The number of anilines is 1. The molecule has 1 aromatic heterocycles. The van der Waals surface area contributed by atoms with Crippen molar-refractivity contribution in [1.82, 2.24) is 9.78 Å². The summed E-state index contributed by atoms with van der Waals surface area (Å²) < 4.78 is 12.1. The topological polar surface area (TPSA) is 109 Å². The van der Waals surface area contributed by atoms with Crippen molar-refractivity contribution in [3.63, 3.8) is 0 Å². The van der Waals surface area contributed by atoms with Crippen molar-refractivity contribution in [2.75, 3.05) is 19.5 Å². The summed E-state index contributed by atoms with van der Waals surface area (Å²) >= 11 is 0. The van der Waals surface area contributed by atoms with Crippen molar-refractivity contribution in [3.05, 3.63) is 75.1 Å². The molecule has 1 amide bonds. The van der Waals surface area contributed by atoms with Crippen LogP contribution in [0.4, 0.5) is 11.4 Å². The number of benzene rings is 2. The number of rotatable bonds is 7. The highest BCUT2D eigenvalue weighted by Crippen LogP contribution is 2.30. The van der Waals surface area contributed by atoms with Crippen molar-refractivity contribution in [2.45, 2.75) is 20.4 Å². The first-order chi connectivity index (χ1) is 14.3. The molecule has 0 unspecified atom stereocenters. The van der Waals surface area contributed by atoms with Gasteiger partial charge in [-0.1, -0.05) is 18.2 Å². The molecule has 0 radical (unpaired) electrons. The highest BCUT2D eigenvalue weighted by molar-refractivity contribution is 6.06. The third-order valence-corrected chi connectivity index (χ3v) is 4.76. The van der Waals surface area contributed by atoms with Gasteiger partial charge in [-0.05, 0) is 37.6 Å². The first kappa shape index (κ1) is 20.8. The van der Waals surface area contributed by atoms with Crippen molar-refractivity contribution in [2.24, 2.45) is 0 Å². The lowest BCUT2D eigenvalue weighted by Crippen LogP contribution is -2.16. The second-order valence-corrected chi connectivity index (χ2v) is 6.61. The summed E-state index contributed by atoms with van der Waals surface area (Å²) in [5, 5.41) is 18.4. The van der Waals surface area contributed by atoms with E-state index in [1.54, 1.807) is 56.3 Å². The summed E-state index contributed by atoms with van der Waals surface area (Å²) in [5.41, 5.74) is 2.33. The van der Waals surface area contributed by atoms with Crippen molar-refractivity contribution >= 4 is 17.3 Å². The minimum Gasteiger partial charge on any atom is -0.497 e. The van der Waals surface area contributed by atoms with Gasteiger partial charge in [0.05, 0.1) is 31.4 Å². The van der Waals surface area contributed by atoms with Gasteiger partial charge in [0, 0.05) is 11.6 Å². The van der Waals surface area contributed by atoms with E-state index in [4.69, 9.17) is 9.47 Å². The van der Waals surface area contributed by atoms with E-state index in [0.717, 1.165) is 0 Å². The van der Waals surface area contributed by atoms with Crippen LogP contribution in [0.1, 0.15) is 27.3 Å². The Kier molecular flexibility index (Phi) is 6.01. The molecule has 3 aromatic rings. The van der Waals surface area contributed by atoms with Crippen LogP contribution in [-0.2, 0) is 6.54 Å². The Morgan fingerprint density at radius 1 is 1.17 bits per heavy atom. The summed E-state index contributed by atoms with van der Waals surface area (Å²) in [6.07, 6.45) is 0. The van der Waals surface area contributed by atoms with Crippen LogP contribution in [0.15, 0.2) is 42.5 Å². The van der Waals surface area contributed by atoms with Gasteiger partial charge in [0.15, 0.2) is 0 Å². The molecule has 0 spiro atoms. The fourth-order valence-electron chi connectivity index (χ4n) is 3.25. The molecule has 156 valence electrons. The molecule has 1 N–H and O–H groups in total. The van der Waals surface area contributed by atoms with Crippen molar-refractivity contribution < 1.29 is 19.2 Å². The van der Waals surface area contributed by atoms with Crippen LogP contribution in [0.2, 0.25) is 0 Å². The number of methoxy groups -OCH3 is 2. The lowest BCUT2D eigenvalue weighted by atomic mass is 10.1. The van der Waals surface area contributed by atoms with E-state index in [2.05, 4.69) is 10.4 Å². The number of aromatic nitrogens is 2. The van der Waals surface area contributed by atoms with Gasteiger partial charge in [-0.25, -0.2) is 0 Å². The maximum absolute atomic E-state index is 13.0. The lowest BCUT2D eigenvalue weighted by molar-refractivity contribution is -0.386. The van der Waals surface area contributed by atoms with Crippen molar-refractivity contribution in [1.29, 1.82) is 0 Å². The normalized spacial score (nSPS) is 10.5. The largest absolute Gasteiger partial charge is 0.497 e. The van der Waals surface area contributed by atoms with Gasteiger partial charge in [0.25, 0.3) is 5.91 Å². The lowest BCUT2D eigenvalue weighted by Gasteiger charge is -2.14. The molecular formula is C21H22N4O5. The molecule has 0 aliphatic heterocycles. The first-order valence-electron chi connectivity index (χ1n) is 9.15. The maximum atomic E-state index is 13.0. The Morgan fingerprint density at radius 3 is 2.53 bits per heavy atom. The van der Waals surface area contributed by atoms with Gasteiger partial charge < -0.3 is 14.8 Å². The number of aryl methyl sites for hydroxylation is 1. The smallest absolute Gasteiger partial charge is 0.312 e. The molecular weight excluding hydrogens is 388 g/mol. The predicted octanol–water partition coefficient (Wildman–Crippen LogP) is 3.73. The first-order valence-corrected chi connectivity index (χ1v) is 9.15. The van der Waals surface area contributed by atoms with E-state index in [9.17, 15) is 14.9 Å². The fraction of sp³-hybridized carbons (Fsp3) is 0.238. The van der Waals surface area contributed by atoms with Crippen LogP contribution in [-0.4, -0.2) is 34.8 Å². The summed E-state index contributed by atoms with van der Waals surface area (Å²) in [6.45, 7) is 3.45. The summed E-state index contributed by atoms with van der Waals surface area (Å²) in [4.78, 5) is 23.8. The number of carbonyl (C=O) groups is 1. The van der Waals surface area contributed by atoms with Crippen LogP contribution in [0.3, 0.4) is 0 Å². The number of nitrogens with one attached hydrogen (secondary N) is 1. The standard InChI is InChI=1S/C21H22N4O5/c1-13-20(25(27)28)14(2)24(23-13)12-15-7-5-6-8-17(15)21(26)22-18-11-16(29-3)9-10-19(18)30-4/h5-11H,12H2,1-4H3,(H,22,26). The SMILES string of the molecule is COc1ccc(OC)c(NC(=O)c2ccccc2Cn2nc(C)c([N+](=O)[O-])c2C)c1. The number of hydrogen-bond acceptors (Lipinski definition) is 6. The van der Waals surface area contributed by atoms with Crippen LogP contribution < -0.4 is 14.8 Å². The van der Waals surface area contributed by atoms with E-state index in [-0.39, 0.29) is 18.1 Å². The van der Waals surface area contributed by atoms with E-state index >= 15 is 0 Å². The quantitative estimate of drug-likeness (QED) is 0.470. The third kappa shape index (κ3) is 4.09. The molecule has 0 atom stereocenters. The maximum Gasteiger partial charge on any atom is 0.312 e. The number of amides is 1. The fourth-order valence-corrected chi connectivity index (χ4v) is 3.25. The molecule has 0 saturated carbocycles. The molecule has 1 heterocycles. The van der Waals surface area contributed by atoms with E-state index in [1.165, 1.54) is 18.9 Å². The minimum absolute atomic E-state index is 0.0157. The molecule has 30 heavy (non-hydrogen) atoms. The van der Waals surface area contributed by atoms with Crippen LogP contribution >= 0.6 is 0 Å². The van der Waals surface area contributed by atoms with Crippen LogP contribution in [0.25, 0.3) is 0 Å². The van der Waals surface area contributed by atoms with E-state index in [1.807, 2.05) is 0 Å². The Balaban J connectivity index is 1.92. The molecule has 0 bridgehead atoms. The summed E-state index contributed by atoms with van der Waals surface area (Å²) in [6, 6.07) is 12.2. The summed E-state index contributed by atoms with van der Waals surface area (Å²) in [5.74, 6) is 0.735. The van der Waals surface area contributed by atoms with Gasteiger partial charge in [-0.15, -0.1) is 0 Å². The number of carbonyl (C=O) groups excluding carboxylic acids is 1. The van der Waals surface area contributed by atoms with E-state index < -0.39 is 4.92 Å². The highest BCUT2D eigenvalue weighted by atomic mass is 16.6. The summed E-state index contributed by atoms with van der Waals surface area (Å²) in [7, 11) is 3.05. The third-order valence-electron chi connectivity index (χ3n) is 4.76. The molecule has 2 aromatic carbocycles. The zero-order valence-electron chi connectivity index (χ0n) is 17.1. The minimum atomic E-state index is -0.443. The Labute approximate surface area is 173 Å². The Morgan fingerprint density at radius 2 is 1.90 bits per heavy atom. The second kappa shape index (κ2) is 8.64. The van der Waals surface area contributed by atoms with Crippen molar-refractivity contribution in [3.8, 4) is 11.5 Å². The molecule has 3 rings (SSSR count). The number of nitrogens with zero attached hydrogens (tertiary/aromatic N) is 3. The molecule has 0 saturated heterocycles. The average molecular weight is 410 g/mol. The van der Waals surface area contributed by atoms with Crippen LogP contribution in [0.5, 0.6) is 11.5 Å². The Hall–Kier alpha value is -3.88. The predicted molar refractivity (Wildman–Crippen MR) is 111 cm³/mol. The highest BCUT2D eigenvalue weighted by Gasteiger charge is 2.23. The monoisotopic (exact) mass is 410 g/mol. The molecule has 0 aliphatic rings. The molecule has 9 heteroatoms. The average Bonchev–Trinajstić information content (AvgIpc) is 3.01. The molecule has 9 nitrogen and oxygen atoms in total. The zero-order valence-corrected chi connectivity index (χ0v) is 17.1. The van der Waals surface area contributed by atoms with Gasteiger partial charge >= 0.3 is 5.69 Å². The van der Waals surface area contributed by atoms with Gasteiger partial charge in [-0.3, -0.25) is 19.6 Å². The second-order valence-electron chi connectivity index (χ2n) is 6.61.